The summed E-state index contributed by atoms with van der Waals surface area (Å²) in [5, 5.41) is 3.86. The zero-order valence-electron chi connectivity index (χ0n) is 12.9. The standard InChI is InChI=1S/C18H15N3O3/c1-12-7-5-6-10-14(12)17(22)19-20-18(23)16-11-15(21-24-16)13-8-3-2-4-9-13/h2-11H,1H3,(H,19,22)(H,20,23). The monoisotopic (exact) mass is 321 g/mol. The smallest absolute Gasteiger partial charge is 0.308 e. The minimum absolute atomic E-state index is 0.0129. The van der Waals surface area contributed by atoms with Crippen molar-refractivity contribution < 1.29 is 14.1 Å². The summed E-state index contributed by atoms with van der Waals surface area (Å²) < 4.78 is 5.03. The quantitative estimate of drug-likeness (QED) is 0.727. The van der Waals surface area contributed by atoms with E-state index >= 15 is 0 Å². The Kier molecular flexibility index (Phi) is 4.38. The number of carbonyl (C=O) groups excluding carboxylic acids is 2. The van der Waals surface area contributed by atoms with E-state index in [9.17, 15) is 9.59 Å². The number of carbonyl (C=O) groups is 2. The van der Waals surface area contributed by atoms with E-state index in [1.807, 2.05) is 49.4 Å². The Morgan fingerprint density at radius 2 is 1.58 bits per heavy atom. The zero-order valence-corrected chi connectivity index (χ0v) is 12.9. The summed E-state index contributed by atoms with van der Waals surface area (Å²) in [6.07, 6.45) is 0. The number of aromatic nitrogens is 1. The van der Waals surface area contributed by atoms with E-state index in [1.54, 1.807) is 12.1 Å². The van der Waals surface area contributed by atoms with Crippen LogP contribution in [0.15, 0.2) is 65.2 Å². The van der Waals surface area contributed by atoms with Crippen LogP contribution in [0.1, 0.15) is 26.5 Å². The maximum absolute atomic E-state index is 12.1. The molecule has 120 valence electrons. The largest absolute Gasteiger partial charge is 0.350 e. The summed E-state index contributed by atoms with van der Waals surface area (Å²) in [6.45, 7) is 1.82. The van der Waals surface area contributed by atoms with Gasteiger partial charge in [-0.2, -0.15) is 0 Å². The van der Waals surface area contributed by atoms with Crippen LogP contribution in [0.4, 0.5) is 0 Å². The molecule has 2 amide bonds. The van der Waals surface area contributed by atoms with Gasteiger partial charge in [0.05, 0.1) is 0 Å². The van der Waals surface area contributed by atoms with Crippen LogP contribution in [-0.2, 0) is 0 Å². The van der Waals surface area contributed by atoms with Crippen molar-refractivity contribution in [3.05, 3.63) is 77.6 Å². The van der Waals surface area contributed by atoms with Gasteiger partial charge in [-0.3, -0.25) is 20.4 Å². The molecule has 1 aromatic heterocycles. The summed E-state index contributed by atoms with van der Waals surface area (Å²) in [7, 11) is 0. The molecule has 0 aliphatic carbocycles. The molecule has 0 bridgehead atoms. The molecule has 2 aromatic carbocycles. The van der Waals surface area contributed by atoms with Crippen molar-refractivity contribution in [2.45, 2.75) is 6.92 Å². The molecule has 0 atom stereocenters. The molecule has 0 spiro atoms. The summed E-state index contributed by atoms with van der Waals surface area (Å²) in [6, 6.07) is 18.0. The molecule has 6 nitrogen and oxygen atoms in total. The lowest BCUT2D eigenvalue weighted by atomic mass is 10.1. The fraction of sp³-hybridized carbons (Fsp3) is 0.0556. The third kappa shape index (κ3) is 3.33. The summed E-state index contributed by atoms with van der Waals surface area (Å²) >= 11 is 0. The minimum atomic E-state index is -0.577. The third-order valence-corrected chi connectivity index (χ3v) is 3.48. The van der Waals surface area contributed by atoms with Crippen molar-refractivity contribution >= 4 is 11.8 Å². The first kappa shape index (κ1) is 15.5. The predicted octanol–water partition coefficient (Wildman–Crippen LogP) is 2.72. The summed E-state index contributed by atoms with van der Waals surface area (Å²) in [5.74, 6) is -0.963. The molecule has 0 aliphatic heterocycles. The first-order chi connectivity index (χ1) is 11.6. The number of hydrogen-bond acceptors (Lipinski definition) is 4. The maximum atomic E-state index is 12.1. The Labute approximate surface area is 138 Å². The number of nitrogens with one attached hydrogen (secondary N) is 2. The second-order valence-electron chi connectivity index (χ2n) is 5.17. The molecule has 0 radical (unpaired) electrons. The first-order valence-electron chi connectivity index (χ1n) is 7.33. The van der Waals surface area contributed by atoms with E-state index in [4.69, 9.17) is 4.52 Å². The lowest BCUT2D eigenvalue weighted by Gasteiger charge is -2.07. The molecule has 0 aliphatic rings. The Hall–Kier alpha value is -3.41. The number of hydrazine groups is 1. The number of amides is 2. The van der Waals surface area contributed by atoms with Crippen molar-refractivity contribution in [3.8, 4) is 11.3 Å². The van der Waals surface area contributed by atoms with E-state index in [2.05, 4.69) is 16.0 Å². The van der Waals surface area contributed by atoms with Gasteiger partial charge in [-0.15, -0.1) is 0 Å². The maximum Gasteiger partial charge on any atom is 0.308 e. The molecule has 0 saturated carbocycles. The van der Waals surface area contributed by atoms with Gasteiger partial charge < -0.3 is 4.52 Å². The summed E-state index contributed by atoms with van der Waals surface area (Å²) in [5.41, 5.74) is 7.36. The fourth-order valence-electron chi connectivity index (χ4n) is 2.20. The highest BCUT2D eigenvalue weighted by Crippen LogP contribution is 2.18. The SMILES string of the molecule is Cc1ccccc1C(=O)NNC(=O)c1cc(-c2ccccc2)no1. The van der Waals surface area contributed by atoms with Crippen molar-refractivity contribution in [2.75, 3.05) is 0 Å². The average molecular weight is 321 g/mol. The average Bonchev–Trinajstić information content (AvgIpc) is 3.11. The van der Waals surface area contributed by atoms with Crippen molar-refractivity contribution in [3.63, 3.8) is 0 Å². The van der Waals surface area contributed by atoms with Crippen LogP contribution in [0.2, 0.25) is 0 Å². The lowest BCUT2D eigenvalue weighted by Crippen LogP contribution is -2.41. The van der Waals surface area contributed by atoms with Crippen LogP contribution in [-0.4, -0.2) is 17.0 Å². The number of hydrogen-bond donors (Lipinski definition) is 2. The van der Waals surface area contributed by atoms with Gasteiger partial charge in [0, 0.05) is 17.2 Å². The lowest BCUT2D eigenvalue weighted by molar-refractivity contribution is 0.0825. The number of nitrogens with zero attached hydrogens (tertiary/aromatic N) is 1. The van der Waals surface area contributed by atoms with Crippen LogP contribution >= 0.6 is 0 Å². The molecule has 1 heterocycles. The highest BCUT2D eigenvalue weighted by Gasteiger charge is 2.15. The third-order valence-electron chi connectivity index (χ3n) is 3.48. The Morgan fingerprint density at radius 1 is 0.917 bits per heavy atom. The van der Waals surface area contributed by atoms with E-state index < -0.39 is 11.8 Å². The second kappa shape index (κ2) is 6.78. The molecule has 2 N–H and O–H groups in total. The summed E-state index contributed by atoms with van der Waals surface area (Å²) in [4.78, 5) is 24.1. The normalized spacial score (nSPS) is 10.2. The van der Waals surface area contributed by atoms with Crippen LogP contribution in [0, 0.1) is 6.92 Å². The van der Waals surface area contributed by atoms with E-state index in [0.29, 0.717) is 11.3 Å². The van der Waals surface area contributed by atoms with Crippen LogP contribution in [0.3, 0.4) is 0 Å². The van der Waals surface area contributed by atoms with E-state index in [1.165, 1.54) is 6.07 Å². The van der Waals surface area contributed by atoms with Gasteiger partial charge >= 0.3 is 5.91 Å². The Morgan fingerprint density at radius 3 is 2.33 bits per heavy atom. The van der Waals surface area contributed by atoms with Crippen LogP contribution < -0.4 is 10.9 Å². The van der Waals surface area contributed by atoms with Gasteiger partial charge in [-0.1, -0.05) is 53.7 Å². The highest BCUT2D eigenvalue weighted by molar-refractivity contribution is 5.99. The predicted molar refractivity (Wildman–Crippen MR) is 88.1 cm³/mol. The van der Waals surface area contributed by atoms with Crippen molar-refractivity contribution in [1.82, 2.24) is 16.0 Å². The van der Waals surface area contributed by atoms with Gasteiger partial charge in [-0.25, -0.2) is 0 Å². The fourth-order valence-corrected chi connectivity index (χ4v) is 2.20. The van der Waals surface area contributed by atoms with Crippen LogP contribution in [0.25, 0.3) is 11.3 Å². The van der Waals surface area contributed by atoms with Crippen LogP contribution in [0.5, 0.6) is 0 Å². The molecular weight excluding hydrogens is 306 g/mol. The molecule has 24 heavy (non-hydrogen) atoms. The minimum Gasteiger partial charge on any atom is -0.350 e. The first-order valence-corrected chi connectivity index (χ1v) is 7.33. The molecule has 6 heteroatoms. The molecule has 0 saturated heterocycles. The molecular formula is C18H15N3O3. The van der Waals surface area contributed by atoms with Crippen molar-refractivity contribution in [2.24, 2.45) is 0 Å². The van der Waals surface area contributed by atoms with Gasteiger partial charge in [-0.05, 0) is 18.6 Å². The number of rotatable bonds is 3. The zero-order chi connectivity index (χ0) is 16.9. The second-order valence-corrected chi connectivity index (χ2v) is 5.17. The van der Waals surface area contributed by atoms with E-state index in [-0.39, 0.29) is 5.76 Å². The molecule has 3 rings (SSSR count). The topological polar surface area (TPSA) is 84.2 Å². The number of benzene rings is 2. The van der Waals surface area contributed by atoms with Gasteiger partial charge in [0.2, 0.25) is 5.76 Å². The molecule has 3 aromatic rings. The Balaban J connectivity index is 1.65. The van der Waals surface area contributed by atoms with E-state index in [0.717, 1.165) is 11.1 Å². The van der Waals surface area contributed by atoms with Crippen molar-refractivity contribution in [1.29, 1.82) is 0 Å². The molecule has 0 fully saturated rings. The van der Waals surface area contributed by atoms with Gasteiger partial charge in [0.15, 0.2) is 0 Å². The number of aryl methyl sites for hydroxylation is 1. The molecule has 0 unspecified atom stereocenters. The Bertz CT molecular complexity index is 872. The highest BCUT2D eigenvalue weighted by atomic mass is 16.5. The van der Waals surface area contributed by atoms with Gasteiger partial charge in [0.25, 0.3) is 5.91 Å². The van der Waals surface area contributed by atoms with Gasteiger partial charge in [0.1, 0.15) is 5.69 Å².